The van der Waals surface area contributed by atoms with Crippen LogP contribution in [0.15, 0.2) is 47.8 Å². The molecule has 2 heterocycles. The second kappa shape index (κ2) is 12.3. The number of benzene rings is 1. The fraction of sp³-hybridized carbons (Fsp3) is 0.235. The largest absolute Gasteiger partial charge is 0.674 e. The quantitative estimate of drug-likeness (QED) is 0.316. The van der Waals surface area contributed by atoms with Crippen LogP contribution < -0.4 is 21.0 Å². The van der Waals surface area contributed by atoms with Crippen molar-refractivity contribution in [1.29, 1.82) is 5.41 Å². The van der Waals surface area contributed by atoms with E-state index in [9.17, 15) is 0 Å². The zero-order valence-electron chi connectivity index (χ0n) is 14.8. The molecule has 1 aliphatic rings. The molecule has 6 N–H and O–H groups in total. The molecule has 0 spiro atoms. The van der Waals surface area contributed by atoms with Crippen LogP contribution in [0.1, 0.15) is 5.56 Å². The second-order valence-corrected chi connectivity index (χ2v) is 5.36. The zero-order chi connectivity index (χ0) is 18.8. The van der Waals surface area contributed by atoms with E-state index < -0.39 is 0 Å². The predicted octanol–water partition coefficient (Wildman–Crippen LogP) is 2.28. The molecule has 0 aliphatic carbocycles. The van der Waals surface area contributed by atoms with Gasteiger partial charge < -0.3 is 26.6 Å². The summed E-state index contributed by atoms with van der Waals surface area (Å²) in [5.74, 6) is 5.94. The number of nitrogens with one attached hydrogen (secondary N) is 3. The number of hydrazone groups is 1. The molecule has 1 aromatic heterocycles. The predicted molar refractivity (Wildman–Crippen MR) is 102 cm³/mol. The summed E-state index contributed by atoms with van der Waals surface area (Å²) in [4.78, 5) is 5.81. The van der Waals surface area contributed by atoms with Crippen molar-refractivity contribution in [3.63, 3.8) is 0 Å². The molecule has 27 heavy (non-hydrogen) atoms. The van der Waals surface area contributed by atoms with Crippen LogP contribution in [0.25, 0.3) is 5.73 Å². The summed E-state index contributed by atoms with van der Waals surface area (Å²) >= 11 is 0. The summed E-state index contributed by atoms with van der Waals surface area (Å²) in [6.07, 6.45) is 4.52. The molecule has 10 heteroatoms. The van der Waals surface area contributed by atoms with Gasteiger partial charge in [0.25, 0.3) is 0 Å². The minimum Gasteiger partial charge on any atom is -0.674 e. The molecule has 0 bridgehead atoms. The maximum atomic E-state index is 8.91. The first-order valence-electron chi connectivity index (χ1n) is 7.94. The fourth-order valence-corrected chi connectivity index (χ4v) is 2.33. The number of ether oxygens (including phenoxy) is 1. The van der Waals surface area contributed by atoms with Crippen LogP contribution in [0.4, 0.5) is 11.4 Å². The van der Waals surface area contributed by atoms with Gasteiger partial charge in [0.1, 0.15) is 12.4 Å². The van der Waals surface area contributed by atoms with E-state index in [1.165, 1.54) is 0 Å². The van der Waals surface area contributed by atoms with Crippen molar-refractivity contribution in [3.8, 4) is 5.75 Å². The Kier molecular flexibility index (Phi) is 10.5. The van der Waals surface area contributed by atoms with Gasteiger partial charge >= 0.3 is 0 Å². The molecule has 1 aromatic carbocycles. The van der Waals surface area contributed by atoms with Gasteiger partial charge in [-0.1, -0.05) is 5.56 Å². The van der Waals surface area contributed by atoms with Crippen molar-refractivity contribution < 1.29 is 42.7 Å². The number of nitrogens with two attached hydrogens (primary N) is 1. The van der Waals surface area contributed by atoms with Gasteiger partial charge in [0.15, 0.2) is 0 Å². The van der Waals surface area contributed by atoms with E-state index in [2.05, 4.69) is 15.6 Å². The average Bonchev–Trinajstić information content (AvgIpc) is 2.72. The van der Waals surface area contributed by atoms with E-state index in [0.717, 1.165) is 23.2 Å². The Bertz CT molecular complexity index is 743. The van der Waals surface area contributed by atoms with Gasteiger partial charge in [-0.05, 0) is 30.3 Å². The van der Waals surface area contributed by atoms with Crippen LogP contribution in [0.3, 0.4) is 0 Å². The van der Waals surface area contributed by atoms with Crippen LogP contribution in [-0.2, 0) is 39.3 Å². The third-order valence-electron chi connectivity index (χ3n) is 3.69. The van der Waals surface area contributed by atoms with Gasteiger partial charge in [0.05, 0.1) is 30.2 Å². The second-order valence-electron chi connectivity index (χ2n) is 5.36. The van der Waals surface area contributed by atoms with Gasteiger partial charge in [-0.2, -0.15) is 5.10 Å². The Morgan fingerprint density at radius 1 is 1.41 bits per heavy atom. The molecule has 0 atom stereocenters. The van der Waals surface area contributed by atoms with Crippen LogP contribution in [-0.4, -0.2) is 41.8 Å². The van der Waals surface area contributed by atoms with Gasteiger partial charge in [-0.15, -0.1) is 6.54 Å². The van der Waals surface area contributed by atoms with Crippen LogP contribution in [0, 0.1) is 5.41 Å². The summed E-state index contributed by atoms with van der Waals surface area (Å²) in [7, 11) is 0. The first kappa shape index (κ1) is 23.0. The number of fused-ring (bicyclic) bond motifs is 1. The standard InChI is InChI=1S/C11H15N5O2.C6H7N2.Y/c12-6-9(14-13)7-16-3-4-18-11-2-1-8(15-17)5-10(11)16;7-5-6-1-3-8-4-2-6;/h1-2,5-6,12,15,17H,3-4,7,13H2;1-4,7H,5H2;/q;-1;/b12-6?,14-9+;;. The molecule has 0 saturated carbocycles. The molecule has 2 aromatic rings. The maximum absolute atomic E-state index is 8.91. The summed E-state index contributed by atoms with van der Waals surface area (Å²) in [6, 6.07) is 8.95. The molecule has 0 fully saturated rings. The number of aromatic nitrogens is 1. The average molecular weight is 445 g/mol. The Morgan fingerprint density at radius 3 is 2.70 bits per heavy atom. The van der Waals surface area contributed by atoms with Crippen molar-refractivity contribution >= 4 is 23.3 Å². The minimum atomic E-state index is 0. The molecule has 3 rings (SSSR count). The summed E-state index contributed by atoms with van der Waals surface area (Å²) < 4.78 is 5.52. The zero-order valence-corrected chi connectivity index (χ0v) is 17.6. The Balaban J connectivity index is 0.000000342. The first-order valence-corrected chi connectivity index (χ1v) is 7.94. The van der Waals surface area contributed by atoms with Crippen molar-refractivity contribution in [3.05, 3.63) is 54.0 Å². The van der Waals surface area contributed by atoms with Gasteiger partial charge in [-0.25, -0.2) is 0 Å². The number of rotatable bonds is 5. The van der Waals surface area contributed by atoms with Crippen molar-refractivity contribution in [2.24, 2.45) is 10.9 Å². The van der Waals surface area contributed by atoms with Gasteiger partial charge in [0, 0.05) is 51.3 Å². The maximum Gasteiger partial charge on any atom is 0.142 e. The van der Waals surface area contributed by atoms with E-state index in [1.807, 2.05) is 17.0 Å². The molecule has 9 nitrogen and oxygen atoms in total. The van der Waals surface area contributed by atoms with E-state index in [4.69, 9.17) is 26.9 Å². The number of nitrogens with zero attached hydrogens (tertiary/aromatic N) is 3. The Labute approximate surface area is 183 Å². The topological polar surface area (TPSA) is 144 Å². The van der Waals surface area contributed by atoms with Crippen LogP contribution in [0.2, 0.25) is 0 Å². The Morgan fingerprint density at radius 2 is 2.15 bits per heavy atom. The molecule has 0 unspecified atom stereocenters. The number of pyridine rings is 1. The third-order valence-corrected chi connectivity index (χ3v) is 3.69. The minimum absolute atomic E-state index is 0. The smallest absolute Gasteiger partial charge is 0.142 e. The molecule has 1 radical (unpaired) electrons. The first-order chi connectivity index (χ1) is 12.7. The van der Waals surface area contributed by atoms with Crippen molar-refractivity contribution in [2.75, 3.05) is 30.1 Å². The van der Waals surface area contributed by atoms with Crippen molar-refractivity contribution in [2.45, 2.75) is 6.54 Å². The van der Waals surface area contributed by atoms with Gasteiger partial charge in [0.2, 0.25) is 0 Å². The van der Waals surface area contributed by atoms with Crippen LogP contribution in [0.5, 0.6) is 5.75 Å². The van der Waals surface area contributed by atoms with E-state index >= 15 is 0 Å². The summed E-state index contributed by atoms with van der Waals surface area (Å²) in [5.41, 5.74) is 11.9. The molecule has 141 valence electrons. The normalized spacial score (nSPS) is 12.5. The molecular formula is C17H22N7O2Y-. The summed E-state index contributed by atoms with van der Waals surface area (Å²) in [6.45, 7) is 2.03. The van der Waals surface area contributed by atoms with E-state index in [0.29, 0.717) is 37.6 Å². The fourth-order valence-electron chi connectivity index (χ4n) is 2.33. The van der Waals surface area contributed by atoms with Crippen LogP contribution >= 0.6 is 0 Å². The van der Waals surface area contributed by atoms with Crippen molar-refractivity contribution in [1.82, 2.24) is 4.98 Å². The van der Waals surface area contributed by atoms with E-state index in [-0.39, 0.29) is 32.7 Å². The molecular weight excluding hydrogens is 423 g/mol. The Hall–Kier alpha value is -2.07. The SMILES string of the molecule is N=C/C(CN1CCOc2ccc(NO)cc21)=N\N.[NH-]Cc1ccncc1.[Y]. The summed E-state index contributed by atoms with van der Waals surface area (Å²) in [5, 5.41) is 19.6. The van der Waals surface area contributed by atoms with E-state index in [1.54, 1.807) is 30.6 Å². The molecule has 0 amide bonds. The number of hydrogen-bond donors (Lipinski definition) is 4. The molecule has 0 saturated heterocycles. The number of anilines is 2. The monoisotopic (exact) mass is 445 g/mol. The third kappa shape index (κ3) is 6.87. The number of hydrogen-bond acceptors (Lipinski definition) is 8. The van der Waals surface area contributed by atoms with Gasteiger partial charge in [-0.3, -0.25) is 15.7 Å². The molecule has 1 aliphatic heterocycles.